The summed E-state index contributed by atoms with van der Waals surface area (Å²) in [4.78, 5) is 8.09. The van der Waals surface area contributed by atoms with Crippen LogP contribution in [0.5, 0.6) is 0 Å². The smallest absolute Gasteiger partial charge is 0.223 e. The Hall–Kier alpha value is -2.36. The summed E-state index contributed by atoms with van der Waals surface area (Å²) in [7, 11) is -3.08. The lowest BCUT2D eigenvalue weighted by molar-refractivity contribution is 0.590. The zero-order valence-electron chi connectivity index (χ0n) is 12.1. The molecule has 122 valence electrons. The fraction of sp³-hybridized carbons (Fsp3) is 0.308. The average molecular weight is 341 g/mol. The number of fused-ring (bicyclic) bond motifs is 3. The van der Waals surface area contributed by atoms with Gasteiger partial charge in [-0.05, 0) is 12.5 Å². The van der Waals surface area contributed by atoms with Gasteiger partial charge >= 0.3 is 0 Å². The molecule has 0 atom stereocenters. The number of anilines is 1. The van der Waals surface area contributed by atoms with E-state index >= 15 is 0 Å². The zero-order chi connectivity index (χ0) is 16.8. The Bertz CT molecular complexity index is 1020. The minimum atomic E-state index is -3.08. The number of hydrogen-bond donors (Lipinski definition) is 1. The fourth-order valence-corrected chi connectivity index (χ4v) is 2.97. The van der Waals surface area contributed by atoms with Crippen molar-refractivity contribution in [1.82, 2.24) is 19.6 Å². The van der Waals surface area contributed by atoms with Crippen molar-refractivity contribution < 1.29 is 17.2 Å². The van der Waals surface area contributed by atoms with Crippen LogP contribution in [0, 0.1) is 11.6 Å². The molecule has 0 spiro atoms. The van der Waals surface area contributed by atoms with Crippen molar-refractivity contribution in [2.75, 3.05) is 17.7 Å². The van der Waals surface area contributed by atoms with E-state index in [1.54, 1.807) is 0 Å². The molecule has 1 aromatic carbocycles. The fourth-order valence-electron chi connectivity index (χ4n) is 2.30. The molecule has 2 N–H and O–H groups in total. The molecular weight excluding hydrogens is 328 g/mol. The summed E-state index contributed by atoms with van der Waals surface area (Å²) in [5, 5.41) is 4.27. The van der Waals surface area contributed by atoms with E-state index in [2.05, 4.69) is 15.1 Å². The summed E-state index contributed by atoms with van der Waals surface area (Å²) in [6, 6.07) is 1.82. The van der Waals surface area contributed by atoms with Crippen LogP contribution in [0.1, 0.15) is 12.2 Å². The molecule has 0 fully saturated rings. The first-order valence-electron chi connectivity index (χ1n) is 6.72. The van der Waals surface area contributed by atoms with Crippen LogP contribution >= 0.6 is 0 Å². The molecule has 3 rings (SSSR count). The molecule has 0 bridgehead atoms. The quantitative estimate of drug-likeness (QED) is 0.762. The standard InChI is InChI=1S/C13H13F2N5O2S/c1-23(21,22)4-2-3-10-17-12-8-5-7(14)6-9(15)11(8)18-13(16)20(12)19-10/h5-6H,2-4H2,1H3,(H2,16,18). The Morgan fingerprint density at radius 3 is 2.70 bits per heavy atom. The summed E-state index contributed by atoms with van der Waals surface area (Å²) in [6.45, 7) is 0. The maximum absolute atomic E-state index is 13.8. The van der Waals surface area contributed by atoms with Crippen molar-refractivity contribution in [3.8, 4) is 0 Å². The van der Waals surface area contributed by atoms with Crippen LogP contribution in [0.25, 0.3) is 16.6 Å². The number of hydrogen-bond acceptors (Lipinski definition) is 6. The van der Waals surface area contributed by atoms with Crippen LogP contribution in [-0.2, 0) is 16.3 Å². The first-order valence-corrected chi connectivity index (χ1v) is 8.78. The molecule has 23 heavy (non-hydrogen) atoms. The number of nitrogen functional groups attached to an aromatic ring is 1. The number of nitrogens with zero attached hydrogens (tertiary/aromatic N) is 4. The first kappa shape index (κ1) is 15.5. The van der Waals surface area contributed by atoms with Crippen LogP contribution in [0.2, 0.25) is 0 Å². The monoisotopic (exact) mass is 341 g/mol. The van der Waals surface area contributed by atoms with Crippen molar-refractivity contribution in [1.29, 1.82) is 0 Å². The predicted molar refractivity (Wildman–Crippen MR) is 80.6 cm³/mol. The van der Waals surface area contributed by atoms with Gasteiger partial charge in [-0.3, -0.25) is 0 Å². The van der Waals surface area contributed by atoms with Crippen LogP contribution < -0.4 is 5.73 Å². The summed E-state index contributed by atoms with van der Waals surface area (Å²) >= 11 is 0. The number of aromatic nitrogens is 4. The SMILES string of the molecule is CS(=O)(=O)CCCc1nc2c3cc(F)cc(F)c3nc(N)n2n1. The van der Waals surface area contributed by atoms with Gasteiger partial charge in [-0.2, -0.15) is 4.52 Å². The van der Waals surface area contributed by atoms with Crippen molar-refractivity contribution in [3.63, 3.8) is 0 Å². The van der Waals surface area contributed by atoms with Gasteiger partial charge in [-0.25, -0.2) is 27.2 Å². The Kier molecular flexibility index (Phi) is 3.63. The third-order valence-electron chi connectivity index (χ3n) is 3.28. The number of sulfone groups is 1. The molecule has 0 aliphatic rings. The van der Waals surface area contributed by atoms with Gasteiger partial charge < -0.3 is 5.73 Å². The number of nitrogens with two attached hydrogens (primary N) is 1. The van der Waals surface area contributed by atoms with E-state index in [0.29, 0.717) is 24.7 Å². The molecular formula is C13H13F2N5O2S. The Morgan fingerprint density at radius 2 is 2.00 bits per heavy atom. The van der Waals surface area contributed by atoms with E-state index in [1.807, 2.05) is 0 Å². The molecule has 2 heterocycles. The van der Waals surface area contributed by atoms with Crippen LogP contribution in [0.15, 0.2) is 12.1 Å². The van der Waals surface area contributed by atoms with E-state index in [0.717, 1.165) is 12.3 Å². The Morgan fingerprint density at radius 1 is 1.26 bits per heavy atom. The maximum Gasteiger partial charge on any atom is 0.223 e. The number of benzene rings is 1. The van der Waals surface area contributed by atoms with Crippen molar-refractivity contribution >= 4 is 32.3 Å². The average Bonchev–Trinajstić information content (AvgIpc) is 2.84. The molecule has 0 aliphatic carbocycles. The maximum atomic E-state index is 13.8. The van der Waals surface area contributed by atoms with E-state index in [9.17, 15) is 17.2 Å². The largest absolute Gasteiger partial charge is 0.368 e. The molecule has 3 aromatic rings. The van der Waals surface area contributed by atoms with Gasteiger partial charge in [0.15, 0.2) is 17.3 Å². The second kappa shape index (κ2) is 5.37. The molecule has 10 heteroatoms. The third kappa shape index (κ3) is 3.07. The van der Waals surface area contributed by atoms with Crippen molar-refractivity contribution in [2.45, 2.75) is 12.8 Å². The van der Waals surface area contributed by atoms with Gasteiger partial charge in [0.2, 0.25) is 5.95 Å². The van der Waals surface area contributed by atoms with Crippen LogP contribution in [-0.4, -0.2) is 40.0 Å². The number of halogens is 2. The summed E-state index contributed by atoms with van der Waals surface area (Å²) in [5.41, 5.74) is 5.82. The van der Waals surface area contributed by atoms with Crippen molar-refractivity contribution in [3.05, 3.63) is 29.6 Å². The second-order valence-corrected chi connectivity index (χ2v) is 7.51. The van der Waals surface area contributed by atoms with E-state index in [1.165, 1.54) is 4.52 Å². The summed E-state index contributed by atoms with van der Waals surface area (Å²) in [6.07, 6.45) is 1.78. The molecule has 0 aliphatic heterocycles. The predicted octanol–water partition coefficient (Wildman–Crippen LogP) is 1.12. The van der Waals surface area contributed by atoms with Gasteiger partial charge in [-0.15, -0.1) is 5.10 Å². The second-order valence-electron chi connectivity index (χ2n) is 5.25. The molecule has 0 unspecified atom stereocenters. The zero-order valence-corrected chi connectivity index (χ0v) is 12.9. The third-order valence-corrected chi connectivity index (χ3v) is 4.31. The molecule has 2 aromatic heterocycles. The minimum absolute atomic E-state index is 0.000286. The van der Waals surface area contributed by atoms with E-state index in [4.69, 9.17) is 5.73 Å². The van der Waals surface area contributed by atoms with Gasteiger partial charge in [0, 0.05) is 18.7 Å². The lowest BCUT2D eigenvalue weighted by atomic mass is 10.2. The van der Waals surface area contributed by atoms with E-state index < -0.39 is 21.5 Å². The van der Waals surface area contributed by atoms with Crippen LogP contribution in [0.3, 0.4) is 0 Å². The van der Waals surface area contributed by atoms with Crippen LogP contribution in [0.4, 0.5) is 14.7 Å². The number of aryl methyl sites for hydroxylation is 1. The summed E-state index contributed by atoms with van der Waals surface area (Å²) in [5.74, 6) is -1.35. The lowest BCUT2D eigenvalue weighted by Gasteiger charge is -2.03. The minimum Gasteiger partial charge on any atom is -0.368 e. The van der Waals surface area contributed by atoms with Gasteiger partial charge in [0.25, 0.3) is 0 Å². The Balaban J connectivity index is 2.08. The topological polar surface area (TPSA) is 103 Å². The normalized spacial score (nSPS) is 12.3. The van der Waals surface area contributed by atoms with Gasteiger partial charge in [0.05, 0.1) is 11.1 Å². The highest BCUT2D eigenvalue weighted by molar-refractivity contribution is 7.90. The molecule has 0 saturated heterocycles. The molecule has 0 saturated carbocycles. The van der Waals surface area contributed by atoms with Gasteiger partial charge in [0.1, 0.15) is 21.2 Å². The lowest BCUT2D eigenvalue weighted by Crippen LogP contribution is -2.05. The highest BCUT2D eigenvalue weighted by Crippen LogP contribution is 2.23. The first-order chi connectivity index (χ1) is 10.7. The van der Waals surface area contributed by atoms with E-state index in [-0.39, 0.29) is 28.3 Å². The molecule has 0 amide bonds. The highest BCUT2D eigenvalue weighted by atomic mass is 32.2. The highest BCUT2D eigenvalue weighted by Gasteiger charge is 2.16. The molecule has 7 nitrogen and oxygen atoms in total. The van der Waals surface area contributed by atoms with Gasteiger partial charge in [-0.1, -0.05) is 0 Å². The Labute approximate surface area is 130 Å². The van der Waals surface area contributed by atoms with Crippen molar-refractivity contribution in [2.24, 2.45) is 0 Å². The number of rotatable bonds is 4. The molecule has 0 radical (unpaired) electrons. The summed E-state index contributed by atoms with van der Waals surface area (Å²) < 4.78 is 50.7.